The van der Waals surface area contributed by atoms with E-state index < -0.39 is 0 Å². The molecule has 0 aliphatic carbocycles. The lowest BCUT2D eigenvalue weighted by Gasteiger charge is -1.90. The van der Waals surface area contributed by atoms with Gasteiger partial charge in [0.25, 0.3) is 0 Å². The first-order valence-electron chi connectivity index (χ1n) is 4.20. The molecule has 15 heavy (non-hydrogen) atoms. The minimum atomic E-state index is 0.819. The molecule has 0 radical (unpaired) electrons. The number of hydrazone groups is 1. The van der Waals surface area contributed by atoms with Gasteiger partial charge in [0.15, 0.2) is 0 Å². The Morgan fingerprint density at radius 3 is 3.00 bits per heavy atom. The van der Waals surface area contributed by atoms with E-state index in [0.29, 0.717) is 0 Å². The third-order valence-electron chi connectivity index (χ3n) is 1.56. The molecule has 2 aromatic heterocycles. The number of rotatable bonds is 3. The van der Waals surface area contributed by atoms with Crippen LogP contribution in [0.5, 0.6) is 0 Å². The molecule has 2 rings (SSSR count). The SMILES string of the molecule is Cc1csc(N/N=C/c2ccc(Br)s2)n1. The summed E-state index contributed by atoms with van der Waals surface area (Å²) in [5.41, 5.74) is 3.90. The second kappa shape index (κ2) is 4.87. The van der Waals surface area contributed by atoms with Gasteiger partial charge in [0.1, 0.15) is 0 Å². The molecule has 0 unspecified atom stereocenters. The van der Waals surface area contributed by atoms with Gasteiger partial charge in [-0.25, -0.2) is 4.98 Å². The summed E-state index contributed by atoms with van der Waals surface area (Å²) >= 11 is 6.58. The zero-order valence-electron chi connectivity index (χ0n) is 7.90. The molecule has 0 aliphatic rings. The van der Waals surface area contributed by atoms with Crippen molar-refractivity contribution in [3.63, 3.8) is 0 Å². The van der Waals surface area contributed by atoms with E-state index >= 15 is 0 Å². The maximum absolute atomic E-state index is 4.23. The Labute approximate surface area is 104 Å². The molecular weight excluding hydrogens is 294 g/mol. The smallest absolute Gasteiger partial charge is 0.203 e. The van der Waals surface area contributed by atoms with Crippen LogP contribution >= 0.6 is 38.6 Å². The average molecular weight is 302 g/mol. The van der Waals surface area contributed by atoms with Crippen LogP contribution in [0, 0.1) is 6.92 Å². The van der Waals surface area contributed by atoms with Gasteiger partial charge >= 0.3 is 0 Å². The van der Waals surface area contributed by atoms with Crippen molar-refractivity contribution in [2.75, 3.05) is 5.43 Å². The van der Waals surface area contributed by atoms with E-state index in [9.17, 15) is 0 Å². The van der Waals surface area contributed by atoms with E-state index in [4.69, 9.17) is 0 Å². The van der Waals surface area contributed by atoms with Crippen LogP contribution in [0.3, 0.4) is 0 Å². The predicted octanol–water partition coefficient (Wildman–Crippen LogP) is 3.72. The topological polar surface area (TPSA) is 37.3 Å². The molecule has 0 fully saturated rings. The number of aromatic nitrogens is 1. The Kier molecular flexibility index (Phi) is 3.50. The highest BCUT2D eigenvalue weighted by molar-refractivity contribution is 9.11. The van der Waals surface area contributed by atoms with Crippen LogP contribution in [0.15, 0.2) is 26.4 Å². The number of aryl methyl sites for hydroxylation is 1. The fourth-order valence-electron chi connectivity index (χ4n) is 0.954. The van der Waals surface area contributed by atoms with Crippen molar-refractivity contribution in [1.29, 1.82) is 0 Å². The minimum absolute atomic E-state index is 0.819. The molecule has 0 atom stereocenters. The summed E-state index contributed by atoms with van der Waals surface area (Å²) in [6.45, 7) is 1.96. The molecule has 2 heterocycles. The van der Waals surface area contributed by atoms with Gasteiger partial charge in [-0.05, 0) is 35.0 Å². The van der Waals surface area contributed by atoms with Crippen LogP contribution < -0.4 is 5.43 Å². The Bertz CT molecular complexity index is 475. The van der Waals surface area contributed by atoms with Crippen molar-refractivity contribution in [1.82, 2.24) is 4.98 Å². The van der Waals surface area contributed by atoms with E-state index in [1.54, 1.807) is 28.9 Å². The van der Waals surface area contributed by atoms with Crippen LogP contribution in [-0.2, 0) is 0 Å². The first kappa shape index (κ1) is 10.8. The van der Waals surface area contributed by atoms with E-state index in [1.807, 2.05) is 24.4 Å². The summed E-state index contributed by atoms with van der Waals surface area (Å²) < 4.78 is 1.11. The molecule has 0 amide bonds. The lowest BCUT2D eigenvalue weighted by molar-refractivity contribution is 1.22. The van der Waals surface area contributed by atoms with E-state index in [-0.39, 0.29) is 0 Å². The number of thiophene rings is 1. The van der Waals surface area contributed by atoms with E-state index in [0.717, 1.165) is 19.5 Å². The number of nitrogens with one attached hydrogen (secondary N) is 1. The largest absolute Gasteiger partial charge is 0.253 e. The van der Waals surface area contributed by atoms with Gasteiger partial charge in [0, 0.05) is 10.3 Å². The Morgan fingerprint density at radius 1 is 1.53 bits per heavy atom. The van der Waals surface area contributed by atoms with Crippen molar-refractivity contribution in [3.8, 4) is 0 Å². The zero-order valence-corrected chi connectivity index (χ0v) is 11.1. The van der Waals surface area contributed by atoms with Crippen LogP contribution in [0.2, 0.25) is 0 Å². The first-order chi connectivity index (χ1) is 7.24. The second-order valence-corrected chi connectivity index (χ2v) is 6.16. The third kappa shape index (κ3) is 3.12. The van der Waals surface area contributed by atoms with Gasteiger partial charge in [-0.2, -0.15) is 5.10 Å². The normalized spacial score (nSPS) is 11.1. The van der Waals surface area contributed by atoms with E-state index in [1.165, 1.54) is 0 Å². The molecule has 0 aliphatic heterocycles. The summed E-state index contributed by atoms with van der Waals surface area (Å²) in [6.07, 6.45) is 1.78. The van der Waals surface area contributed by atoms with Crippen LogP contribution in [0.25, 0.3) is 0 Å². The maximum atomic E-state index is 4.23. The molecule has 0 spiro atoms. The highest BCUT2D eigenvalue weighted by Gasteiger charge is 1.95. The Balaban J connectivity index is 1.96. The molecule has 0 saturated carbocycles. The highest BCUT2D eigenvalue weighted by Crippen LogP contribution is 2.20. The molecule has 0 bridgehead atoms. The van der Waals surface area contributed by atoms with Crippen molar-refractivity contribution >= 4 is 49.9 Å². The molecule has 1 N–H and O–H groups in total. The lowest BCUT2D eigenvalue weighted by atomic mass is 10.5. The monoisotopic (exact) mass is 301 g/mol. The number of thiazole rings is 1. The lowest BCUT2D eigenvalue weighted by Crippen LogP contribution is -1.88. The molecule has 6 heteroatoms. The highest BCUT2D eigenvalue weighted by atomic mass is 79.9. The van der Waals surface area contributed by atoms with Crippen molar-refractivity contribution in [2.24, 2.45) is 5.10 Å². The fraction of sp³-hybridized carbons (Fsp3) is 0.111. The number of hydrogen-bond donors (Lipinski definition) is 1. The average Bonchev–Trinajstić information content (AvgIpc) is 2.76. The van der Waals surface area contributed by atoms with Gasteiger partial charge in [-0.1, -0.05) is 0 Å². The Morgan fingerprint density at radius 2 is 2.40 bits per heavy atom. The molecular formula is C9H8BrN3S2. The number of halogens is 1. The van der Waals surface area contributed by atoms with Gasteiger partial charge in [-0.15, -0.1) is 22.7 Å². The maximum Gasteiger partial charge on any atom is 0.203 e. The van der Waals surface area contributed by atoms with Crippen LogP contribution in [0.1, 0.15) is 10.6 Å². The molecule has 0 aromatic carbocycles. The predicted molar refractivity (Wildman–Crippen MR) is 70.1 cm³/mol. The van der Waals surface area contributed by atoms with Crippen molar-refractivity contribution in [2.45, 2.75) is 6.92 Å². The summed E-state index contributed by atoms with van der Waals surface area (Å²) in [5.74, 6) is 0. The summed E-state index contributed by atoms with van der Waals surface area (Å²) in [5, 5.41) is 6.91. The number of nitrogens with zero attached hydrogens (tertiary/aromatic N) is 2. The number of hydrogen-bond acceptors (Lipinski definition) is 5. The van der Waals surface area contributed by atoms with Gasteiger partial charge in [-0.3, -0.25) is 5.43 Å². The third-order valence-corrected chi connectivity index (χ3v) is 3.99. The van der Waals surface area contributed by atoms with Crippen molar-refractivity contribution in [3.05, 3.63) is 31.9 Å². The summed E-state index contributed by atoms with van der Waals surface area (Å²) in [6, 6.07) is 4.01. The second-order valence-electron chi connectivity index (χ2n) is 2.81. The summed E-state index contributed by atoms with van der Waals surface area (Å²) in [7, 11) is 0. The van der Waals surface area contributed by atoms with Gasteiger partial charge in [0.2, 0.25) is 5.13 Å². The van der Waals surface area contributed by atoms with Gasteiger partial charge < -0.3 is 0 Å². The molecule has 0 saturated heterocycles. The van der Waals surface area contributed by atoms with Crippen LogP contribution in [-0.4, -0.2) is 11.2 Å². The zero-order chi connectivity index (χ0) is 10.7. The minimum Gasteiger partial charge on any atom is -0.253 e. The van der Waals surface area contributed by atoms with Crippen LogP contribution in [0.4, 0.5) is 5.13 Å². The van der Waals surface area contributed by atoms with Gasteiger partial charge in [0.05, 0.1) is 15.7 Å². The molecule has 3 nitrogen and oxygen atoms in total. The Hall–Kier alpha value is -0.720. The summed E-state index contributed by atoms with van der Waals surface area (Å²) in [4.78, 5) is 5.33. The number of anilines is 1. The fourth-order valence-corrected chi connectivity index (χ4v) is 2.89. The first-order valence-corrected chi connectivity index (χ1v) is 6.69. The van der Waals surface area contributed by atoms with Crippen molar-refractivity contribution < 1.29 is 0 Å². The molecule has 2 aromatic rings. The quantitative estimate of drug-likeness (QED) is 0.693. The standard InChI is InChI=1S/C9H8BrN3S2/c1-6-5-14-9(12-6)13-11-4-7-2-3-8(10)15-7/h2-5H,1H3,(H,12,13)/b11-4+. The van der Waals surface area contributed by atoms with E-state index in [2.05, 4.69) is 31.4 Å². The molecule has 78 valence electrons.